The molecule has 8 heteroatoms. The zero-order valence-electron chi connectivity index (χ0n) is 19.3. The van der Waals surface area contributed by atoms with Gasteiger partial charge in [0.05, 0.1) is 18.9 Å². The lowest BCUT2D eigenvalue weighted by atomic mass is 10.1. The summed E-state index contributed by atoms with van der Waals surface area (Å²) in [5.41, 5.74) is 3.76. The average Bonchev–Trinajstić information content (AvgIpc) is 3.30. The van der Waals surface area contributed by atoms with Gasteiger partial charge in [-0.25, -0.2) is 9.97 Å². The largest absolute Gasteiger partial charge is 0.497 e. The van der Waals surface area contributed by atoms with E-state index in [9.17, 15) is 4.79 Å². The first-order valence-electron chi connectivity index (χ1n) is 11.7. The predicted octanol–water partition coefficient (Wildman–Crippen LogP) is 3.71. The molecule has 1 aliphatic heterocycles. The van der Waals surface area contributed by atoms with Crippen molar-refractivity contribution in [3.05, 3.63) is 72.1 Å². The number of rotatable bonds is 7. The van der Waals surface area contributed by atoms with Crippen LogP contribution in [0, 0.1) is 0 Å². The van der Waals surface area contributed by atoms with E-state index >= 15 is 0 Å². The molecule has 176 valence electrons. The Morgan fingerprint density at radius 1 is 1.06 bits per heavy atom. The van der Waals surface area contributed by atoms with Crippen molar-refractivity contribution in [1.82, 2.24) is 15.3 Å². The molecule has 7 nitrogen and oxygen atoms in total. The lowest BCUT2D eigenvalue weighted by molar-refractivity contribution is -0.119. The van der Waals surface area contributed by atoms with Gasteiger partial charge in [0.1, 0.15) is 22.9 Å². The minimum Gasteiger partial charge on any atom is -0.497 e. The minimum atomic E-state index is 0.0405. The molecule has 0 radical (unpaired) electrons. The number of benzene rings is 2. The van der Waals surface area contributed by atoms with Gasteiger partial charge in [-0.2, -0.15) is 0 Å². The molecule has 2 aliphatic rings. The molecule has 1 aliphatic carbocycles. The zero-order chi connectivity index (χ0) is 23.3. The fourth-order valence-corrected chi connectivity index (χ4v) is 5.34. The molecule has 3 aromatic rings. The number of amides is 1. The molecule has 5 rings (SSSR count). The van der Waals surface area contributed by atoms with E-state index in [1.807, 2.05) is 24.3 Å². The molecule has 1 aromatic heterocycles. The maximum atomic E-state index is 12.6. The number of ether oxygens (including phenoxy) is 1. The number of hydrogen-bond donors (Lipinski definition) is 1. The Hall–Kier alpha value is -3.26. The summed E-state index contributed by atoms with van der Waals surface area (Å²) >= 11 is 1.46. The third kappa shape index (κ3) is 5.12. The van der Waals surface area contributed by atoms with Crippen molar-refractivity contribution in [2.45, 2.75) is 23.9 Å². The number of fused-ring (bicyclic) bond motifs is 1. The number of hydrogen-bond acceptors (Lipinski definition) is 7. The monoisotopic (exact) mass is 475 g/mol. The van der Waals surface area contributed by atoms with Gasteiger partial charge in [-0.05, 0) is 36.1 Å². The molecule has 34 heavy (non-hydrogen) atoms. The number of carbonyl (C=O) groups is 1. The van der Waals surface area contributed by atoms with Gasteiger partial charge >= 0.3 is 0 Å². The topological polar surface area (TPSA) is 70.6 Å². The van der Waals surface area contributed by atoms with Gasteiger partial charge in [0.25, 0.3) is 0 Å². The van der Waals surface area contributed by atoms with Crippen LogP contribution in [0.15, 0.2) is 66.0 Å². The Labute approximate surface area is 204 Å². The summed E-state index contributed by atoms with van der Waals surface area (Å²) in [7, 11) is 1.69. The number of thioether (sulfide) groups is 1. The number of methoxy groups -OCH3 is 1. The first-order chi connectivity index (χ1) is 16.7. The fraction of sp³-hybridized carbons (Fsp3) is 0.346. The molecule has 0 saturated carbocycles. The van der Waals surface area contributed by atoms with Gasteiger partial charge in [-0.15, -0.1) is 0 Å². The summed E-state index contributed by atoms with van der Waals surface area (Å²) in [5.74, 6) is 2.17. The van der Waals surface area contributed by atoms with Crippen molar-refractivity contribution < 1.29 is 9.53 Å². The molecular formula is C26H29N5O2S. The van der Waals surface area contributed by atoms with Crippen molar-refractivity contribution in [1.29, 1.82) is 0 Å². The van der Waals surface area contributed by atoms with E-state index in [2.05, 4.69) is 55.4 Å². The van der Waals surface area contributed by atoms with E-state index in [0.717, 1.165) is 55.6 Å². The van der Waals surface area contributed by atoms with Gasteiger partial charge in [-0.1, -0.05) is 42.1 Å². The highest BCUT2D eigenvalue weighted by Crippen LogP contribution is 2.31. The summed E-state index contributed by atoms with van der Waals surface area (Å²) in [5, 5.41) is 4.01. The third-order valence-corrected chi connectivity index (χ3v) is 7.39. The van der Waals surface area contributed by atoms with Crippen LogP contribution in [0.3, 0.4) is 0 Å². The summed E-state index contributed by atoms with van der Waals surface area (Å²) in [6, 6.07) is 18.7. The molecule has 1 unspecified atom stereocenters. The summed E-state index contributed by atoms with van der Waals surface area (Å²) in [6.07, 6.45) is 3.58. The standard InChI is InChI=1S/C26H29N5O2S/c1-33-21-7-4-6-20(15-21)30-11-13-31(14-12-30)24-16-26(28-18-27-24)34-17-25(32)29-23-10-9-19-5-2-3-8-22(19)23/h2-8,15-16,18,23H,9-14,17H2,1H3,(H,29,32). The Morgan fingerprint density at radius 2 is 1.88 bits per heavy atom. The van der Waals surface area contributed by atoms with Crippen molar-refractivity contribution in [2.24, 2.45) is 0 Å². The average molecular weight is 476 g/mol. The van der Waals surface area contributed by atoms with Crippen molar-refractivity contribution in [3.8, 4) is 5.75 Å². The van der Waals surface area contributed by atoms with Crippen LogP contribution in [0.1, 0.15) is 23.6 Å². The normalized spacial score (nSPS) is 17.4. The zero-order valence-corrected chi connectivity index (χ0v) is 20.1. The number of piperazine rings is 1. The maximum Gasteiger partial charge on any atom is 0.230 e. The molecule has 0 spiro atoms. The molecule has 2 aromatic carbocycles. The number of carbonyl (C=O) groups excluding carboxylic acids is 1. The van der Waals surface area contributed by atoms with Crippen LogP contribution in [-0.2, 0) is 11.2 Å². The molecular weight excluding hydrogens is 446 g/mol. The number of aromatic nitrogens is 2. The third-order valence-electron chi connectivity index (χ3n) is 6.47. The second-order valence-corrected chi connectivity index (χ2v) is 9.53. The van der Waals surface area contributed by atoms with Crippen molar-refractivity contribution in [3.63, 3.8) is 0 Å². The fourth-order valence-electron chi connectivity index (χ4n) is 4.67. The van der Waals surface area contributed by atoms with Crippen molar-refractivity contribution in [2.75, 3.05) is 48.8 Å². The van der Waals surface area contributed by atoms with Crippen LogP contribution in [0.25, 0.3) is 0 Å². The van der Waals surface area contributed by atoms with Gasteiger partial charge in [0.2, 0.25) is 5.91 Å². The Morgan fingerprint density at radius 3 is 2.74 bits per heavy atom. The van der Waals surface area contributed by atoms with E-state index < -0.39 is 0 Å². The summed E-state index contributed by atoms with van der Waals surface area (Å²) in [6.45, 7) is 3.57. The van der Waals surface area contributed by atoms with Crippen molar-refractivity contribution >= 4 is 29.2 Å². The van der Waals surface area contributed by atoms with E-state index in [0.29, 0.717) is 5.75 Å². The van der Waals surface area contributed by atoms with Crippen LogP contribution in [0.2, 0.25) is 0 Å². The van der Waals surface area contributed by atoms with Gasteiger partial charge < -0.3 is 19.9 Å². The van der Waals surface area contributed by atoms with E-state index in [-0.39, 0.29) is 11.9 Å². The molecule has 0 bridgehead atoms. The SMILES string of the molecule is COc1cccc(N2CCN(c3cc(SCC(=O)NC4CCc5ccccc54)ncn3)CC2)c1. The molecule has 1 N–H and O–H groups in total. The van der Waals surface area contributed by atoms with Crippen LogP contribution < -0.4 is 19.9 Å². The first kappa shape index (κ1) is 22.5. The minimum absolute atomic E-state index is 0.0405. The number of anilines is 2. The Balaban J connectivity index is 1.13. The predicted molar refractivity (Wildman–Crippen MR) is 136 cm³/mol. The van der Waals surface area contributed by atoms with Crippen LogP contribution in [0.5, 0.6) is 5.75 Å². The second-order valence-electron chi connectivity index (χ2n) is 8.54. The first-order valence-corrected chi connectivity index (χ1v) is 12.6. The molecule has 1 amide bonds. The highest BCUT2D eigenvalue weighted by Gasteiger charge is 2.23. The van der Waals surface area contributed by atoms with E-state index in [4.69, 9.17) is 4.74 Å². The molecule has 1 atom stereocenters. The van der Waals surface area contributed by atoms with Crippen LogP contribution >= 0.6 is 11.8 Å². The number of nitrogens with zero attached hydrogens (tertiary/aromatic N) is 4. The number of aryl methyl sites for hydroxylation is 1. The Kier molecular flexibility index (Phi) is 6.85. The van der Waals surface area contributed by atoms with Gasteiger partial charge in [0.15, 0.2) is 0 Å². The van der Waals surface area contributed by atoms with Gasteiger partial charge in [0, 0.05) is 44.0 Å². The van der Waals surface area contributed by atoms with Crippen LogP contribution in [0.4, 0.5) is 11.5 Å². The maximum absolute atomic E-state index is 12.6. The number of nitrogens with one attached hydrogen (secondary N) is 1. The smallest absolute Gasteiger partial charge is 0.230 e. The van der Waals surface area contributed by atoms with E-state index in [1.54, 1.807) is 13.4 Å². The lowest BCUT2D eigenvalue weighted by Gasteiger charge is -2.36. The highest BCUT2D eigenvalue weighted by atomic mass is 32.2. The van der Waals surface area contributed by atoms with Crippen LogP contribution in [-0.4, -0.2) is 54.9 Å². The highest BCUT2D eigenvalue weighted by molar-refractivity contribution is 7.99. The molecule has 2 heterocycles. The summed E-state index contributed by atoms with van der Waals surface area (Å²) < 4.78 is 5.36. The van der Waals surface area contributed by atoms with E-state index in [1.165, 1.54) is 28.6 Å². The Bertz CT molecular complexity index is 1150. The quantitative estimate of drug-likeness (QED) is 0.413. The molecule has 1 fully saturated rings. The second kappa shape index (κ2) is 10.3. The van der Waals surface area contributed by atoms with Gasteiger partial charge in [-0.3, -0.25) is 4.79 Å². The lowest BCUT2D eigenvalue weighted by Crippen LogP contribution is -2.46. The molecule has 1 saturated heterocycles. The summed E-state index contributed by atoms with van der Waals surface area (Å²) in [4.78, 5) is 26.1.